The molecule has 6 heteroatoms. The first kappa shape index (κ1) is 12.0. The molecule has 4 atom stereocenters. The number of nitriles is 2. The maximum absolute atomic E-state index is 12.4. The van der Waals surface area contributed by atoms with Gasteiger partial charge >= 0.3 is 0 Å². The molecule has 3 fully saturated rings. The summed E-state index contributed by atoms with van der Waals surface area (Å²) in [6, 6.07) is 3.89. The second kappa shape index (κ2) is 3.27. The first-order valence-corrected chi connectivity index (χ1v) is 6.43. The molecule has 2 bridgehead atoms. The molecular weight excluding hydrogens is 244 g/mol. The minimum atomic E-state index is -1.56. The van der Waals surface area contributed by atoms with Gasteiger partial charge in [0.05, 0.1) is 12.1 Å². The molecule has 1 saturated carbocycles. The SMILES string of the molecule is CC12CCCCC13NC(=O)C(C#N)C2(C#N)C(=O)N3. The standard InChI is InChI=1S/C13H14N4O2/c1-11-4-2-3-5-13(11)16-9(18)8(6-14)12(11,7-15)10(19)17-13/h8H,2-5H2,1H3,(H,16,18)(H,17,19). The van der Waals surface area contributed by atoms with E-state index in [-0.39, 0.29) is 0 Å². The molecule has 3 rings (SSSR count). The smallest absolute Gasteiger partial charge is 0.244 e. The van der Waals surface area contributed by atoms with Gasteiger partial charge in [0.15, 0.2) is 11.3 Å². The van der Waals surface area contributed by atoms with Crippen LogP contribution in [0.2, 0.25) is 0 Å². The topological polar surface area (TPSA) is 106 Å². The maximum Gasteiger partial charge on any atom is 0.244 e. The van der Waals surface area contributed by atoms with Gasteiger partial charge in [0, 0.05) is 5.41 Å². The van der Waals surface area contributed by atoms with E-state index in [1.165, 1.54) is 0 Å². The van der Waals surface area contributed by atoms with Gasteiger partial charge < -0.3 is 10.6 Å². The van der Waals surface area contributed by atoms with Crippen LogP contribution in [0.3, 0.4) is 0 Å². The number of piperidine rings is 1. The molecule has 3 aliphatic rings. The third kappa shape index (κ3) is 0.986. The van der Waals surface area contributed by atoms with E-state index < -0.39 is 34.2 Å². The van der Waals surface area contributed by atoms with Crippen LogP contribution in [0, 0.1) is 39.4 Å². The number of carbonyl (C=O) groups excluding carboxylic acids is 2. The Bertz CT molecular complexity index is 570. The van der Waals surface area contributed by atoms with Crippen molar-refractivity contribution in [2.24, 2.45) is 16.7 Å². The Morgan fingerprint density at radius 1 is 1.21 bits per heavy atom. The van der Waals surface area contributed by atoms with E-state index >= 15 is 0 Å². The molecule has 2 N–H and O–H groups in total. The van der Waals surface area contributed by atoms with Gasteiger partial charge in [-0.25, -0.2) is 0 Å². The minimum absolute atomic E-state index is 0.482. The van der Waals surface area contributed by atoms with Gasteiger partial charge in [-0.3, -0.25) is 9.59 Å². The van der Waals surface area contributed by atoms with Crippen molar-refractivity contribution in [3.05, 3.63) is 0 Å². The van der Waals surface area contributed by atoms with Gasteiger partial charge in [0.2, 0.25) is 11.8 Å². The van der Waals surface area contributed by atoms with E-state index in [1.54, 1.807) is 0 Å². The summed E-state index contributed by atoms with van der Waals surface area (Å²) in [5.74, 6) is -2.23. The lowest BCUT2D eigenvalue weighted by Crippen LogP contribution is -2.71. The van der Waals surface area contributed by atoms with Crippen molar-refractivity contribution >= 4 is 11.8 Å². The van der Waals surface area contributed by atoms with Gasteiger partial charge in [-0.15, -0.1) is 0 Å². The number of amides is 2. The molecule has 98 valence electrons. The van der Waals surface area contributed by atoms with Crippen LogP contribution < -0.4 is 10.6 Å². The van der Waals surface area contributed by atoms with Crippen LogP contribution in [0.5, 0.6) is 0 Å². The highest BCUT2D eigenvalue weighted by molar-refractivity contribution is 6.01. The molecule has 1 aliphatic carbocycles. The van der Waals surface area contributed by atoms with Crippen LogP contribution in [-0.4, -0.2) is 17.5 Å². The molecule has 0 radical (unpaired) electrons. The zero-order chi connectivity index (χ0) is 13.9. The van der Waals surface area contributed by atoms with Crippen LogP contribution >= 0.6 is 0 Å². The average molecular weight is 258 g/mol. The predicted octanol–water partition coefficient (Wildman–Crippen LogP) is 0.172. The summed E-state index contributed by atoms with van der Waals surface area (Å²) in [5, 5.41) is 24.5. The fourth-order valence-corrected chi connectivity index (χ4v) is 4.19. The minimum Gasteiger partial charge on any atom is -0.332 e. The lowest BCUT2D eigenvalue weighted by atomic mass is 9.50. The lowest BCUT2D eigenvalue weighted by Gasteiger charge is -2.54. The molecule has 0 aromatic heterocycles. The predicted molar refractivity (Wildman–Crippen MR) is 62.7 cm³/mol. The zero-order valence-electron chi connectivity index (χ0n) is 10.6. The highest BCUT2D eigenvalue weighted by Crippen LogP contribution is 2.63. The number of nitrogens with zero attached hydrogens (tertiary/aromatic N) is 2. The summed E-state index contributed by atoms with van der Waals surface area (Å²) in [6.45, 7) is 1.84. The summed E-state index contributed by atoms with van der Waals surface area (Å²) >= 11 is 0. The largest absolute Gasteiger partial charge is 0.332 e. The third-order valence-corrected chi connectivity index (χ3v) is 5.31. The van der Waals surface area contributed by atoms with Crippen LogP contribution in [0.25, 0.3) is 0 Å². The molecule has 4 unspecified atom stereocenters. The molecule has 2 saturated heterocycles. The van der Waals surface area contributed by atoms with Crippen molar-refractivity contribution in [1.82, 2.24) is 10.6 Å². The number of hydrogen-bond acceptors (Lipinski definition) is 4. The van der Waals surface area contributed by atoms with E-state index in [9.17, 15) is 20.1 Å². The molecule has 2 aliphatic heterocycles. The van der Waals surface area contributed by atoms with Crippen LogP contribution in [0.15, 0.2) is 0 Å². The number of carbonyl (C=O) groups is 2. The van der Waals surface area contributed by atoms with E-state index in [0.29, 0.717) is 12.8 Å². The second-order valence-corrected chi connectivity index (χ2v) is 5.87. The fourth-order valence-electron chi connectivity index (χ4n) is 4.19. The molecule has 19 heavy (non-hydrogen) atoms. The average Bonchev–Trinajstić information content (AvgIpc) is 2.50. The van der Waals surface area contributed by atoms with Crippen LogP contribution in [-0.2, 0) is 9.59 Å². The van der Waals surface area contributed by atoms with Crippen molar-refractivity contribution in [1.29, 1.82) is 10.5 Å². The number of hydrogen-bond donors (Lipinski definition) is 2. The zero-order valence-corrected chi connectivity index (χ0v) is 10.6. The van der Waals surface area contributed by atoms with Gasteiger partial charge in [-0.1, -0.05) is 13.3 Å². The molecule has 2 amide bonds. The lowest BCUT2D eigenvalue weighted by molar-refractivity contribution is -0.148. The normalized spacial score (nSPS) is 47.4. The highest BCUT2D eigenvalue weighted by Gasteiger charge is 2.78. The van der Waals surface area contributed by atoms with Crippen LogP contribution in [0.1, 0.15) is 32.6 Å². The summed E-state index contributed by atoms with van der Waals surface area (Å²) in [6.07, 6.45) is 3.04. The molecule has 2 heterocycles. The van der Waals surface area contributed by atoms with Gasteiger partial charge in [-0.2, -0.15) is 10.5 Å². The molecule has 0 aromatic rings. The van der Waals surface area contributed by atoms with Crippen molar-refractivity contribution in [2.45, 2.75) is 38.3 Å². The summed E-state index contributed by atoms with van der Waals surface area (Å²) in [4.78, 5) is 24.5. The Balaban J connectivity index is 2.30. The molecule has 6 nitrogen and oxygen atoms in total. The first-order valence-electron chi connectivity index (χ1n) is 6.43. The van der Waals surface area contributed by atoms with Gasteiger partial charge in [0.1, 0.15) is 5.66 Å². The maximum atomic E-state index is 12.4. The Morgan fingerprint density at radius 3 is 2.53 bits per heavy atom. The van der Waals surface area contributed by atoms with E-state index in [4.69, 9.17) is 0 Å². The quantitative estimate of drug-likeness (QED) is 0.646. The monoisotopic (exact) mass is 258 g/mol. The second-order valence-electron chi connectivity index (χ2n) is 5.87. The van der Waals surface area contributed by atoms with Crippen molar-refractivity contribution < 1.29 is 9.59 Å². The Kier molecular flexibility index (Phi) is 2.06. The molecule has 0 aromatic carbocycles. The molecule has 0 spiro atoms. The summed E-state index contributed by atoms with van der Waals surface area (Å²) in [7, 11) is 0. The summed E-state index contributed by atoms with van der Waals surface area (Å²) < 4.78 is 0. The Labute approximate surface area is 110 Å². The Hall–Kier alpha value is -2.08. The van der Waals surface area contributed by atoms with Crippen molar-refractivity contribution in [3.63, 3.8) is 0 Å². The highest BCUT2D eigenvalue weighted by atomic mass is 16.2. The van der Waals surface area contributed by atoms with E-state index in [1.807, 2.05) is 19.1 Å². The van der Waals surface area contributed by atoms with Crippen molar-refractivity contribution in [3.8, 4) is 12.1 Å². The van der Waals surface area contributed by atoms with Gasteiger partial charge in [-0.05, 0) is 19.3 Å². The van der Waals surface area contributed by atoms with Crippen molar-refractivity contribution in [2.75, 3.05) is 0 Å². The van der Waals surface area contributed by atoms with E-state index in [0.717, 1.165) is 12.8 Å². The summed E-state index contributed by atoms with van der Waals surface area (Å²) in [5.41, 5.74) is -3.15. The first-order chi connectivity index (χ1) is 8.97. The van der Waals surface area contributed by atoms with Crippen LogP contribution in [0.4, 0.5) is 0 Å². The fraction of sp³-hybridized carbons (Fsp3) is 0.692. The number of rotatable bonds is 0. The molecular formula is C13H14N4O2. The van der Waals surface area contributed by atoms with E-state index in [2.05, 4.69) is 10.6 Å². The third-order valence-electron chi connectivity index (χ3n) is 5.31. The number of nitrogens with one attached hydrogen (secondary N) is 2. The van der Waals surface area contributed by atoms with Gasteiger partial charge in [0.25, 0.3) is 0 Å². The Morgan fingerprint density at radius 2 is 1.89 bits per heavy atom.